The molecule has 64 heavy (non-hydrogen) atoms. The van der Waals surface area contributed by atoms with Gasteiger partial charge in [0.25, 0.3) is 5.91 Å². The summed E-state index contributed by atoms with van der Waals surface area (Å²) < 4.78 is 0. The van der Waals surface area contributed by atoms with Crippen LogP contribution in [0.15, 0.2) is 48.5 Å². The predicted octanol–water partition coefficient (Wildman–Crippen LogP) is 6.82. The van der Waals surface area contributed by atoms with Crippen LogP contribution in [0.4, 0.5) is 0 Å². The molecule has 20 heteroatoms. The SMILES string of the molecule is CC(=O)[C@H](CCC(=O)O)CC(=O)[C@H](C)NC(=O)[C@H](C)CC(=O)c1ccc(-c2ccc(-c3ccc(-c4ccc(C(=O)N[C@@H](C)C(=O)C[C@@H](C)C(=O)N[C@@H](CCC(=O)O)C(=O)O)s4)s3)s2)s1. The Morgan fingerprint density at radius 3 is 1.45 bits per heavy atom. The largest absolute Gasteiger partial charge is 0.481 e. The number of carboxylic acids is 3. The number of carboxylic acid groups (broad SMARTS) is 3. The highest BCUT2D eigenvalue weighted by molar-refractivity contribution is 7.29. The third-order valence-corrected chi connectivity index (χ3v) is 15.2. The van der Waals surface area contributed by atoms with E-state index >= 15 is 0 Å². The van der Waals surface area contributed by atoms with Gasteiger partial charge in [0.15, 0.2) is 17.3 Å². The average molecular weight is 956 g/mol. The average Bonchev–Trinajstić information content (AvgIpc) is 4.07. The van der Waals surface area contributed by atoms with Gasteiger partial charge < -0.3 is 31.3 Å². The molecular formula is C44H49N3O13S4. The van der Waals surface area contributed by atoms with E-state index in [9.17, 15) is 53.1 Å². The number of thiophene rings is 4. The van der Waals surface area contributed by atoms with Crippen LogP contribution in [-0.2, 0) is 38.4 Å². The fraction of sp³-hybridized carbons (Fsp3) is 0.409. The van der Waals surface area contributed by atoms with Crippen LogP contribution >= 0.6 is 45.3 Å². The van der Waals surface area contributed by atoms with E-state index in [0.717, 1.165) is 29.3 Å². The van der Waals surface area contributed by atoms with E-state index in [2.05, 4.69) is 16.0 Å². The summed E-state index contributed by atoms with van der Waals surface area (Å²) in [7, 11) is 0. The Bertz CT molecular complexity index is 2240. The quantitative estimate of drug-likeness (QED) is 0.0353. The predicted molar refractivity (Wildman–Crippen MR) is 243 cm³/mol. The van der Waals surface area contributed by atoms with Crippen molar-refractivity contribution >= 4 is 104 Å². The molecule has 3 amide bonds. The van der Waals surface area contributed by atoms with Gasteiger partial charge in [-0.2, -0.15) is 0 Å². The third-order valence-electron chi connectivity index (χ3n) is 10.2. The van der Waals surface area contributed by atoms with E-state index in [1.165, 1.54) is 61.7 Å². The highest BCUT2D eigenvalue weighted by Gasteiger charge is 2.29. The summed E-state index contributed by atoms with van der Waals surface area (Å²) in [6.07, 6.45) is -1.54. The smallest absolute Gasteiger partial charge is 0.326 e. The first-order valence-electron chi connectivity index (χ1n) is 20.2. The van der Waals surface area contributed by atoms with Crippen molar-refractivity contribution in [2.45, 2.75) is 97.7 Å². The van der Waals surface area contributed by atoms with E-state index in [1.807, 2.05) is 36.4 Å². The van der Waals surface area contributed by atoms with Crippen molar-refractivity contribution in [2.75, 3.05) is 0 Å². The number of rotatable bonds is 26. The van der Waals surface area contributed by atoms with Gasteiger partial charge in [-0.05, 0) is 82.1 Å². The molecule has 0 saturated heterocycles. The second kappa shape index (κ2) is 23.3. The molecule has 0 bridgehead atoms. The van der Waals surface area contributed by atoms with E-state index in [-0.39, 0.29) is 50.1 Å². The van der Waals surface area contributed by atoms with Crippen molar-refractivity contribution in [3.63, 3.8) is 0 Å². The lowest BCUT2D eigenvalue weighted by molar-refractivity contribution is -0.143. The normalized spacial score (nSPS) is 14.0. The zero-order valence-corrected chi connectivity index (χ0v) is 38.9. The molecule has 0 aliphatic carbocycles. The van der Waals surface area contributed by atoms with Gasteiger partial charge in [0.05, 0.1) is 21.8 Å². The van der Waals surface area contributed by atoms with Gasteiger partial charge >= 0.3 is 17.9 Å². The molecule has 16 nitrogen and oxygen atoms in total. The Balaban J connectivity index is 1.28. The highest BCUT2D eigenvalue weighted by Crippen LogP contribution is 2.43. The van der Waals surface area contributed by atoms with Crippen LogP contribution in [0.2, 0.25) is 0 Å². The molecule has 4 aromatic rings. The number of hydrogen-bond acceptors (Lipinski definition) is 14. The first-order chi connectivity index (χ1) is 30.1. The first-order valence-corrected chi connectivity index (χ1v) is 23.5. The van der Waals surface area contributed by atoms with Gasteiger partial charge in [0.2, 0.25) is 11.8 Å². The minimum absolute atomic E-state index is 0.0271. The van der Waals surface area contributed by atoms with Crippen LogP contribution in [-0.4, -0.2) is 92.2 Å². The third kappa shape index (κ3) is 14.7. The molecule has 6 N–H and O–H groups in total. The van der Waals surface area contributed by atoms with Crippen molar-refractivity contribution in [1.82, 2.24) is 16.0 Å². The summed E-state index contributed by atoms with van der Waals surface area (Å²) in [5.41, 5.74) is 0. The summed E-state index contributed by atoms with van der Waals surface area (Å²) in [6, 6.07) is 11.6. The van der Waals surface area contributed by atoms with Crippen LogP contribution in [0.25, 0.3) is 29.3 Å². The van der Waals surface area contributed by atoms with Crippen LogP contribution in [0, 0.1) is 17.8 Å². The van der Waals surface area contributed by atoms with Crippen LogP contribution in [0.1, 0.15) is 98.9 Å². The van der Waals surface area contributed by atoms with Crippen molar-refractivity contribution in [3.05, 3.63) is 58.3 Å². The monoisotopic (exact) mass is 955 g/mol. The van der Waals surface area contributed by atoms with Crippen LogP contribution in [0.3, 0.4) is 0 Å². The minimum Gasteiger partial charge on any atom is -0.481 e. The maximum absolute atomic E-state index is 13.2. The molecule has 4 aromatic heterocycles. The number of aliphatic carboxylic acids is 3. The second-order valence-corrected chi connectivity index (χ2v) is 19.8. The highest BCUT2D eigenvalue weighted by atomic mass is 32.1. The van der Waals surface area contributed by atoms with Crippen molar-refractivity contribution in [3.8, 4) is 29.3 Å². The Hall–Kier alpha value is -5.70. The zero-order valence-electron chi connectivity index (χ0n) is 35.6. The molecule has 0 aliphatic heterocycles. The molecule has 0 radical (unpaired) electrons. The lowest BCUT2D eigenvalue weighted by Crippen LogP contribution is -2.45. The Kier molecular flexibility index (Phi) is 18.5. The standard InChI is InChI=1S/C44H49N3O13S4/c1-21(42(57)47-27(44(59)60)7-17-40(54)55)18-28(49)23(3)46-43(58)38-15-14-37(64-38)36-13-12-35(63-36)34-11-10-33(62-34)32-9-8-31(61-32)30(51)19-22(2)41(56)45-24(4)29(50)20-26(25(5)48)6-16-39(52)53/h8-15,21-24,26-27H,6-7,16-20H2,1-5H3,(H,45,56)(H,46,58)(H,47,57)(H,52,53)(H,54,55)(H,59,60)/t21-,22-,23+,24+,26-,27+/m1/s1. The summed E-state index contributed by atoms with van der Waals surface area (Å²) in [5.74, 6) is -9.14. The maximum Gasteiger partial charge on any atom is 0.326 e. The summed E-state index contributed by atoms with van der Waals surface area (Å²) in [6.45, 7) is 7.31. The van der Waals surface area contributed by atoms with Crippen molar-refractivity contribution in [1.29, 1.82) is 0 Å². The van der Waals surface area contributed by atoms with Gasteiger partial charge in [-0.3, -0.25) is 43.2 Å². The zero-order chi connectivity index (χ0) is 47.4. The van der Waals surface area contributed by atoms with Crippen molar-refractivity contribution in [2.24, 2.45) is 17.8 Å². The van der Waals surface area contributed by atoms with Gasteiger partial charge in [0, 0.05) is 79.1 Å². The lowest BCUT2D eigenvalue weighted by Gasteiger charge is -2.18. The number of carbonyl (C=O) groups is 10. The van der Waals surface area contributed by atoms with Gasteiger partial charge in [0.1, 0.15) is 11.8 Å². The molecule has 0 spiro atoms. The molecule has 0 fully saturated rings. The number of carbonyl (C=O) groups excluding carboxylic acids is 7. The first kappa shape index (κ1) is 50.9. The molecule has 4 heterocycles. The van der Waals surface area contributed by atoms with E-state index < -0.39 is 89.5 Å². The summed E-state index contributed by atoms with van der Waals surface area (Å²) in [4.78, 5) is 129. The fourth-order valence-corrected chi connectivity index (χ4v) is 10.4. The molecular weight excluding hydrogens is 907 g/mol. The van der Waals surface area contributed by atoms with Crippen LogP contribution in [0.5, 0.6) is 0 Å². The minimum atomic E-state index is -1.42. The number of nitrogens with one attached hydrogen (secondary N) is 3. The Morgan fingerprint density at radius 2 is 0.938 bits per heavy atom. The van der Waals surface area contributed by atoms with E-state index in [1.54, 1.807) is 30.4 Å². The van der Waals surface area contributed by atoms with E-state index in [4.69, 9.17) is 10.2 Å². The molecule has 0 unspecified atom stereocenters. The molecule has 0 aliphatic rings. The van der Waals surface area contributed by atoms with E-state index in [0.29, 0.717) is 9.75 Å². The fourth-order valence-electron chi connectivity index (χ4n) is 6.25. The maximum atomic E-state index is 13.2. The molecule has 4 rings (SSSR count). The number of ketones is 4. The Morgan fingerprint density at radius 1 is 0.516 bits per heavy atom. The number of amides is 3. The number of Topliss-reactive ketones (excluding diaryl/α,β-unsaturated/α-hetero) is 4. The topological polar surface area (TPSA) is 267 Å². The van der Waals surface area contributed by atoms with Crippen LogP contribution < -0.4 is 16.0 Å². The summed E-state index contributed by atoms with van der Waals surface area (Å²) >= 11 is 5.62. The second-order valence-electron chi connectivity index (χ2n) is 15.4. The molecule has 0 aromatic carbocycles. The summed E-state index contributed by atoms with van der Waals surface area (Å²) in [5, 5.41) is 34.6. The number of hydrogen-bond donors (Lipinski definition) is 6. The Labute approximate surface area is 384 Å². The van der Waals surface area contributed by atoms with Gasteiger partial charge in [-0.15, -0.1) is 45.3 Å². The lowest BCUT2D eigenvalue weighted by atomic mass is 9.91. The van der Waals surface area contributed by atoms with Crippen molar-refractivity contribution < 1.29 is 63.3 Å². The van der Waals surface area contributed by atoms with Gasteiger partial charge in [-0.1, -0.05) is 13.8 Å². The molecule has 342 valence electrons. The van der Waals surface area contributed by atoms with Gasteiger partial charge in [-0.25, -0.2) is 4.79 Å². The molecule has 6 atom stereocenters. The molecule has 0 saturated carbocycles.